The normalized spacial score (nSPS) is 18.0. The largest absolute Gasteiger partial charge is 0.368 e. The molecule has 0 saturated carbocycles. The van der Waals surface area contributed by atoms with Crippen molar-refractivity contribution in [2.75, 3.05) is 31.1 Å². The summed E-state index contributed by atoms with van der Waals surface area (Å²) in [5.74, 6) is -0.0353. The zero-order valence-corrected chi connectivity index (χ0v) is 15.2. The van der Waals surface area contributed by atoms with Gasteiger partial charge in [-0.2, -0.15) is 0 Å². The fourth-order valence-corrected chi connectivity index (χ4v) is 4.97. The number of hydrogen-bond donors (Lipinski definition) is 0. The number of benzene rings is 1. The molecule has 2 aliphatic rings. The standard InChI is InChI=1S/C20H23FN2OS/c21-16-6-8-17(9-7-16)22-10-12-23(13-11-22)20(24)19-14-15-4-2-1-3-5-18(15)25-19/h6-9,14H,1-5,10-13H2. The van der Waals surface area contributed by atoms with Crippen molar-refractivity contribution in [3.63, 3.8) is 0 Å². The smallest absolute Gasteiger partial charge is 0.264 e. The van der Waals surface area contributed by atoms with E-state index in [4.69, 9.17) is 0 Å². The number of carbonyl (C=O) groups is 1. The van der Waals surface area contributed by atoms with E-state index in [1.165, 1.54) is 41.8 Å². The number of rotatable bonds is 2. The highest BCUT2D eigenvalue weighted by Gasteiger charge is 2.25. The van der Waals surface area contributed by atoms with Gasteiger partial charge in [0, 0.05) is 36.7 Å². The van der Waals surface area contributed by atoms with Gasteiger partial charge in [-0.05, 0) is 61.6 Å². The fraction of sp³-hybridized carbons (Fsp3) is 0.450. The Kier molecular flexibility index (Phi) is 4.75. The van der Waals surface area contributed by atoms with Crippen LogP contribution in [0.5, 0.6) is 0 Å². The number of piperazine rings is 1. The van der Waals surface area contributed by atoms with E-state index < -0.39 is 0 Å². The number of thiophene rings is 1. The molecular weight excluding hydrogens is 335 g/mol. The van der Waals surface area contributed by atoms with E-state index in [0.29, 0.717) is 0 Å². The van der Waals surface area contributed by atoms with Gasteiger partial charge >= 0.3 is 0 Å². The maximum atomic E-state index is 13.1. The molecule has 5 heteroatoms. The maximum absolute atomic E-state index is 13.1. The molecule has 0 N–H and O–H groups in total. The lowest BCUT2D eigenvalue weighted by Gasteiger charge is -2.36. The van der Waals surface area contributed by atoms with Gasteiger partial charge < -0.3 is 9.80 Å². The first-order valence-electron chi connectivity index (χ1n) is 9.12. The zero-order chi connectivity index (χ0) is 17.2. The molecule has 0 spiro atoms. The second-order valence-corrected chi connectivity index (χ2v) is 8.01. The molecule has 4 rings (SSSR count). The van der Waals surface area contributed by atoms with Crippen LogP contribution >= 0.6 is 11.3 Å². The molecule has 2 heterocycles. The third-order valence-electron chi connectivity index (χ3n) is 5.22. The molecule has 0 radical (unpaired) electrons. The molecule has 1 aromatic carbocycles. The minimum atomic E-state index is -0.213. The molecule has 0 unspecified atom stereocenters. The number of halogens is 1. The molecule has 1 saturated heterocycles. The highest BCUT2D eigenvalue weighted by atomic mass is 32.1. The Hall–Kier alpha value is -1.88. The van der Waals surface area contributed by atoms with Gasteiger partial charge in [-0.15, -0.1) is 11.3 Å². The summed E-state index contributed by atoms with van der Waals surface area (Å²) in [6.45, 7) is 3.03. The Morgan fingerprint density at radius 2 is 1.68 bits per heavy atom. The number of hydrogen-bond acceptors (Lipinski definition) is 3. The lowest BCUT2D eigenvalue weighted by atomic mass is 10.1. The van der Waals surface area contributed by atoms with Crippen LogP contribution in [-0.2, 0) is 12.8 Å². The minimum absolute atomic E-state index is 0.178. The third-order valence-corrected chi connectivity index (χ3v) is 6.44. The van der Waals surface area contributed by atoms with Crippen LogP contribution in [0.2, 0.25) is 0 Å². The van der Waals surface area contributed by atoms with Crippen LogP contribution < -0.4 is 4.90 Å². The van der Waals surface area contributed by atoms with Crippen molar-refractivity contribution >= 4 is 22.9 Å². The van der Waals surface area contributed by atoms with Gasteiger partial charge in [0.05, 0.1) is 4.88 Å². The molecule has 2 aromatic rings. The fourth-order valence-electron chi connectivity index (χ4n) is 3.75. The van der Waals surface area contributed by atoms with Gasteiger partial charge in [-0.25, -0.2) is 4.39 Å². The zero-order valence-electron chi connectivity index (χ0n) is 14.3. The van der Waals surface area contributed by atoms with Crippen molar-refractivity contribution in [2.24, 2.45) is 0 Å². The topological polar surface area (TPSA) is 23.6 Å². The average molecular weight is 358 g/mol. The Labute approximate surface area is 152 Å². The molecule has 132 valence electrons. The van der Waals surface area contributed by atoms with Gasteiger partial charge in [-0.1, -0.05) is 6.42 Å². The van der Waals surface area contributed by atoms with Crippen molar-refractivity contribution < 1.29 is 9.18 Å². The summed E-state index contributed by atoms with van der Waals surface area (Å²) >= 11 is 1.70. The highest BCUT2D eigenvalue weighted by molar-refractivity contribution is 7.14. The maximum Gasteiger partial charge on any atom is 0.264 e. The molecule has 1 aromatic heterocycles. The second kappa shape index (κ2) is 7.16. The van der Waals surface area contributed by atoms with Crippen LogP contribution in [0.15, 0.2) is 30.3 Å². The molecule has 1 fully saturated rings. The summed E-state index contributed by atoms with van der Waals surface area (Å²) in [5, 5.41) is 0. The lowest BCUT2D eigenvalue weighted by molar-refractivity contribution is 0.0751. The Morgan fingerprint density at radius 1 is 0.960 bits per heavy atom. The summed E-state index contributed by atoms with van der Waals surface area (Å²) in [4.78, 5) is 19.4. The Balaban J connectivity index is 1.40. The van der Waals surface area contributed by atoms with Crippen LogP contribution in [0, 0.1) is 5.82 Å². The quantitative estimate of drug-likeness (QED) is 0.754. The second-order valence-electron chi connectivity index (χ2n) is 6.88. The van der Waals surface area contributed by atoms with Crippen molar-refractivity contribution in [1.29, 1.82) is 0 Å². The number of nitrogens with zero attached hydrogens (tertiary/aromatic N) is 2. The monoisotopic (exact) mass is 358 g/mol. The van der Waals surface area contributed by atoms with Gasteiger partial charge in [0.25, 0.3) is 5.91 Å². The highest BCUT2D eigenvalue weighted by Crippen LogP contribution is 2.30. The molecule has 1 aliphatic heterocycles. The predicted octanol–water partition coefficient (Wildman–Crippen LogP) is 4.12. The van der Waals surface area contributed by atoms with E-state index in [1.54, 1.807) is 11.3 Å². The molecule has 25 heavy (non-hydrogen) atoms. The number of carbonyl (C=O) groups excluding carboxylic acids is 1. The first-order chi connectivity index (χ1) is 12.2. The van der Waals surface area contributed by atoms with E-state index in [9.17, 15) is 9.18 Å². The first kappa shape index (κ1) is 16.6. The molecule has 0 atom stereocenters. The third kappa shape index (κ3) is 3.56. The molecule has 1 amide bonds. The van der Waals surface area contributed by atoms with Crippen molar-refractivity contribution in [1.82, 2.24) is 4.90 Å². The van der Waals surface area contributed by atoms with E-state index >= 15 is 0 Å². The molecule has 3 nitrogen and oxygen atoms in total. The molecule has 0 bridgehead atoms. The van der Waals surface area contributed by atoms with Crippen molar-refractivity contribution in [3.05, 3.63) is 51.5 Å². The van der Waals surface area contributed by atoms with E-state index in [-0.39, 0.29) is 11.7 Å². The van der Waals surface area contributed by atoms with Crippen LogP contribution in [0.3, 0.4) is 0 Å². The van der Waals surface area contributed by atoms with Crippen molar-refractivity contribution in [2.45, 2.75) is 32.1 Å². The van der Waals surface area contributed by atoms with Crippen LogP contribution in [0.1, 0.15) is 39.4 Å². The molecule has 1 aliphatic carbocycles. The summed E-state index contributed by atoms with van der Waals surface area (Å²) < 4.78 is 13.1. The van der Waals surface area contributed by atoms with Gasteiger partial charge in [-0.3, -0.25) is 4.79 Å². The van der Waals surface area contributed by atoms with E-state index in [1.807, 2.05) is 17.0 Å². The van der Waals surface area contributed by atoms with E-state index in [0.717, 1.165) is 49.6 Å². The number of fused-ring (bicyclic) bond motifs is 1. The number of amides is 1. The van der Waals surface area contributed by atoms with Crippen LogP contribution in [0.25, 0.3) is 0 Å². The summed E-state index contributed by atoms with van der Waals surface area (Å²) in [6.07, 6.45) is 6.05. The van der Waals surface area contributed by atoms with E-state index in [2.05, 4.69) is 11.0 Å². The number of anilines is 1. The van der Waals surface area contributed by atoms with Crippen molar-refractivity contribution in [3.8, 4) is 0 Å². The summed E-state index contributed by atoms with van der Waals surface area (Å²) in [7, 11) is 0. The Bertz CT molecular complexity index is 724. The van der Waals surface area contributed by atoms with Crippen LogP contribution in [0.4, 0.5) is 10.1 Å². The minimum Gasteiger partial charge on any atom is -0.368 e. The Morgan fingerprint density at radius 3 is 2.44 bits per heavy atom. The predicted molar refractivity (Wildman–Crippen MR) is 100 cm³/mol. The van der Waals surface area contributed by atoms with Gasteiger partial charge in [0.15, 0.2) is 0 Å². The summed E-state index contributed by atoms with van der Waals surface area (Å²) in [6, 6.07) is 8.74. The van der Waals surface area contributed by atoms with Crippen LogP contribution in [-0.4, -0.2) is 37.0 Å². The lowest BCUT2D eigenvalue weighted by Crippen LogP contribution is -2.48. The number of aryl methyl sites for hydroxylation is 2. The van der Waals surface area contributed by atoms with Gasteiger partial charge in [0.1, 0.15) is 5.82 Å². The SMILES string of the molecule is O=C(c1cc2c(s1)CCCCC2)N1CCN(c2ccc(F)cc2)CC1. The molecular formula is C20H23FN2OS. The summed E-state index contributed by atoms with van der Waals surface area (Å²) in [5.41, 5.74) is 2.42. The first-order valence-corrected chi connectivity index (χ1v) is 9.94. The van der Waals surface area contributed by atoms with Gasteiger partial charge in [0.2, 0.25) is 0 Å². The average Bonchev–Trinajstić information content (AvgIpc) is 2.92.